The van der Waals surface area contributed by atoms with Gasteiger partial charge >= 0.3 is 0 Å². The van der Waals surface area contributed by atoms with Crippen LogP contribution in [0, 0.1) is 0 Å². The summed E-state index contributed by atoms with van der Waals surface area (Å²) in [6, 6.07) is 0.252. The Bertz CT molecular complexity index is 374. The van der Waals surface area contributed by atoms with Gasteiger partial charge in [-0.25, -0.2) is 8.42 Å². The van der Waals surface area contributed by atoms with E-state index < -0.39 is 9.84 Å². The van der Waals surface area contributed by atoms with Gasteiger partial charge in [-0.2, -0.15) is 0 Å². The lowest BCUT2D eigenvalue weighted by Gasteiger charge is -2.23. The second-order valence-electron chi connectivity index (χ2n) is 7.13. The first kappa shape index (κ1) is 17.9. The molecule has 1 aliphatic heterocycles. The minimum Gasteiger partial charge on any atom is -0.312 e. The smallest absolute Gasteiger partial charge is 0.151 e. The van der Waals surface area contributed by atoms with Gasteiger partial charge in [0.1, 0.15) is 0 Å². The molecule has 0 aromatic heterocycles. The van der Waals surface area contributed by atoms with E-state index in [1.54, 1.807) is 0 Å². The predicted molar refractivity (Wildman–Crippen MR) is 85.9 cm³/mol. The summed E-state index contributed by atoms with van der Waals surface area (Å²) in [6.45, 7) is 8.68. The number of unbranched alkanes of at least 4 members (excludes halogenated alkanes) is 3. The topological polar surface area (TPSA) is 49.4 Å². The van der Waals surface area contributed by atoms with Gasteiger partial charge in [-0.05, 0) is 60.2 Å². The fourth-order valence-electron chi connectivity index (χ4n) is 2.61. The molecule has 0 radical (unpaired) electrons. The number of nitrogens with one attached hydrogen (secondary N) is 1. The zero-order chi connectivity index (χ0) is 15.2. The Balaban J connectivity index is 2.02. The van der Waals surface area contributed by atoms with Crippen LogP contribution in [0.1, 0.15) is 52.9 Å². The number of hydrogen-bond donors (Lipinski definition) is 1. The Morgan fingerprint density at radius 3 is 2.35 bits per heavy atom. The second kappa shape index (κ2) is 7.76. The molecular formula is C15H32N2O2S. The number of rotatable bonds is 8. The Hall–Kier alpha value is -0.130. The van der Waals surface area contributed by atoms with Crippen LogP contribution in [-0.4, -0.2) is 56.5 Å². The van der Waals surface area contributed by atoms with E-state index in [4.69, 9.17) is 0 Å². The third-order valence-electron chi connectivity index (χ3n) is 3.92. The van der Waals surface area contributed by atoms with Gasteiger partial charge in [0.25, 0.3) is 0 Å². The second-order valence-corrected chi connectivity index (χ2v) is 9.36. The molecule has 1 N–H and O–H groups in total. The van der Waals surface area contributed by atoms with Crippen LogP contribution in [0.15, 0.2) is 0 Å². The van der Waals surface area contributed by atoms with Crippen molar-refractivity contribution in [2.45, 2.75) is 64.5 Å². The lowest BCUT2D eigenvalue weighted by atomic mass is 10.1. The average molecular weight is 305 g/mol. The van der Waals surface area contributed by atoms with Crippen molar-refractivity contribution in [3.63, 3.8) is 0 Å². The van der Waals surface area contributed by atoms with Crippen LogP contribution in [0.4, 0.5) is 0 Å². The van der Waals surface area contributed by atoms with Crippen LogP contribution in [0.3, 0.4) is 0 Å². The first-order chi connectivity index (χ1) is 9.20. The average Bonchev–Trinajstić information content (AvgIpc) is 2.67. The highest BCUT2D eigenvalue weighted by molar-refractivity contribution is 7.91. The van der Waals surface area contributed by atoms with Gasteiger partial charge in [0.2, 0.25) is 0 Å². The zero-order valence-corrected chi connectivity index (χ0v) is 14.4. The molecule has 1 fully saturated rings. The maximum Gasteiger partial charge on any atom is 0.151 e. The lowest BCUT2D eigenvalue weighted by molar-refractivity contribution is 0.255. The summed E-state index contributed by atoms with van der Waals surface area (Å²) < 4.78 is 22.9. The summed E-state index contributed by atoms with van der Waals surface area (Å²) in [5, 5.41) is 3.50. The molecule has 0 spiro atoms. The molecular weight excluding hydrogens is 272 g/mol. The van der Waals surface area contributed by atoms with Crippen molar-refractivity contribution in [2.24, 2.45) is 0 Å². The SMILES string of the molecule is CN(CCCCCCNC(C)(C)C)C1CCS(=O)(=O)C1. The number of nitrogens with zero attached hydrogens (tertiary/aromatic N) is 1. The standard InChI is InChI=1S/C15H32N2O2S/c1-15(2,3)16-10-7-5-6-8-11-17(4)14-9-12-20(18,19)13-14/h14,16H,5-13H2,1-4H3. The summed E-state index contributed by atoms with van der Waals surface area (Å²) in [4.78, 5) is 2.23. The third kappa shape index (κ3) is 7.60. The normalized spacial score (nSPS) is 22.6. The first-order valence-electron chi connectivity index (χ1n) is 7.85. The van der Waals surface area contributed by atoms with Crippen molar-refractivity contribution < 1.29 is 8.42 Å². The molecule has 0 aliphatic carbocycles. The lowest BCUT2D eigenvalue weighted by Crippen LogP contribution is -2.36. The quantitative estimate of drug-likeness (QED) is 0.697. The molecule has 1 unspecified atom stereocenters. The highest BCUT2D eigenvalue weighted by Crippen LogP contribution is 2.17. The number of hydrogen-bond acceptors (Lipinski definition) is 4. The molecule has 1 heterocycles. The monoisotopic (exact) mass is 304 g/mol. The van der Waals surface area contributed by atoms with E-state index in [0.717, 1.165) is 19.5 Å². The van der Waals surface area contributed by atoms with Gasteiger partial charge in [0, 0.05) is 11.6 Å². The fourth-order valence-corrected chi connectivity index (χ4v) is 4.41. The van der Waals surface area contributed by atoms with E-state index in [0.29, 0.717) is 11.5 Å². The molecule has 0 saturated carbocycles. The van der Waals surface area contributed by atoms with E-state index in [-0.39, 0.29) is 11.6 Å². The van der Waals surface area contributed by atoms with Crippen LogP contribution in [0.5, 0.6) is 0 Å². The van der Waals surface area contributed by atoms with Crippen LogP contribution in [0.2, 0.25) is 0 Å². The minimum atomic E-state index is -2.75. The molecule has 1 saturated heterocycles. The molecule has 20 heavy (non-hydrogen) atoms. The van der Waals surface area contributed by atoms with Crippen LogP contribution < -0.4 is 5.32 Å². The largest absolute Gasteiger partial charge is 0.312 e. The Labute approximate surface area is 125 Å². The molecule has 1 atom stereocenters. The summed E-state index contributed by atoms with van der Waals surface area (Å²) >= 11 is 0. The zero-order valence-electron chi connectivity index (χ0n) is 13.6. The maximum atomic E-state index is 11.4. The van der Waals surface area contributed by atoms with E-state index >= 15 is 0 Å². The third-order valence-corrected chi connectivity index (χ3v) is 5.68. The minimum absolute atomic E-state index is 0.216. The molecule has 0 bridgehead atoms. The van der Waals surface area contributed by atoms with Gasteiger partial charge < -0.3 is 10.2 Å². The van der Waals surface area contributed by atoms with Crippen molar-refractivity contribution in [1.29, 1.82) is 0 Å². The van der Waals surface area contributed by atoms with E-state index in [1.165, 1.54) is 25.7 Å². The van der Waals surface area contributed by atoms with Crippen molar-refractivity contribution in [2.75, 3.05) is 31.6 Å². The predicted octanol–water partition coefficient (Wildman–Crippen LogP) is 2.05. The molecule has 120 valence electrons. The summed E-state index contributed by atoms with van der Waals surface area (Å²) in [7, 11) is -0.685. The molecule has 1 aliphatic rings. The Kier molecular flexibility index (Phi) is 6.95. The summed E-state index contributed by atoms with van der Waals surface area (Å²) in [5.41, 5.74) is 0.216. The van der Waals surface area contributed by atoms with Crippen molar-refractivity contribution in [3.05, 3.63) is 0 Å². The van der Waals surface area contributed by atoms with Gasteiger partial charge in [0.05, 0.1) is 11.5 Å². The van der Waals surface area contributed by atoms with E-state index in [9.17, 15) is 8.42 Å². The van der Waals surface area contributed by atoms with Crippen LogP contribution >= 0.6 is 0 Å². The molecule has 1 rings (SSSR count). The summed E-state index contributed by atoms with van der Waals surface area (Å²) in [5.74, 6) is 0.736. The highest BCUT2D eigenvalue weighted by atomic mass is 32.2. The van der Waals surface area contributed by atoms with Crippen LogP contribution in [-0.2, 0) is 9.84 Å². The Morgan fingerprint density at radius 1 is 1.15 bits per heavy atom. The Morgan fingerprint density at radius 2 is 1.80 bits per heavy atom. The van der Waals surface area contributed by atoms with Gasteiger partial charge in [-0.3, -0.25) is 0 Å². The fraction of sp³-hybridized carbons (Fsp3) is 1.00. The molecule has 0 aromatic rings. The van der Waals surface area contributed by atoms with Crippen molar-refractivity contribution in [3.8, 4) is 0 Å². The first-order valence-corrected chi connectivity index (χ1v) is 9.67. The highest BCUT2D eigenvalue weighted by Gasteiger charge is 2.30. The van der Waals surface area contributed by atoms with Gasteiger partial charge in [0.15, 0.2) is 9.84 Å². The molecule has 5 heteroatoms. The molecule has 4 nitrogen and oxygen atoms in total. The molecule has 0 amide bonds. The van der Waals surface area contributed by atoms with Gasteiger partial charge in [-0.1, -0.05) is 12.8 Å². The van der Waals surface area contributed by atoms with Crippen molar-refractivity contribution in [1.82, 2.24) is 10.2 Å². The number of sulfone groups is 1. The summed E-state index contributed by atoms with van der Waals surface area (Å²) in [6.07, 6.45) is 5.69. The van der Waals surface area contributed by atoms with Crippen molar-refractivity contribution >= 4 is 9.84 Å². The van der Waals surface area contributed by atoms with E-state index in [1.807, 2.05) is 0 Å². The van der Waals surface area contributed by atoms with Gasteiger partial charge in [-0.15, -0.1) is 0 Å². The van der Waals surface area contributed by atoms with Crippen LogP contribution in [0.25, 0.3) is 0 Å². The maximum absolute atomic E-state index is 11.4. The molecule has 0 aromatic carbocycles. The van der Waals surface area contributed by atoms with E-state index in [2.05, 4.69) is 38.0 Å².